The van der Waals surface area contributed by atoms with Gasteiger partial charge in [0.2, 0.25) is 5.91 Å². The molecular formula is C16H20N4O2S. The van der Waals surface area contributed by atoms with Crippen LogP contribution >= 0.6 is 11.5 Å². The van der Waals surface area contributed by atoms with Crippen LogP contribution in [0, 0.1) is 5.41 Å². The lowest BCUT2D eigenvalue weighted by Gasteiger charge is -2.37. The molecule has 6 nitrogen and oxygen atoms in total. The van der Waals surface area contributed by atoms with Gasteiger partial charge in [-0.1, -0.05) is 41.7 Å². The lowest BCUT2D eigenvalue weighted by Crippen LogP contribution is -2.50. The molecule has 0 bridgehead atoms. The predicted octanol–water partition coefficient (Wildman–Crippen LogP) is 2.29. The van der Waals surface area contributed by atoms with E-state index in [2.05, 4.69) is 14.9 Å². The average Bonchev–Trinajstić information content (AvgIpc) is 3.03. The van der Waals surface area contributed by atoms with E-state index < -0.39 is 6.04 Å². The van der Waals surface area contributed by atoms with E-state index in [0.29, 0.717) is 23.9 Å². The molecule has 3 rings (SSSR count). The van der Waals surface area contributed by atoms with Crippen molar-refractivity contribution in [3.63, 3.8) is 0 Å². The number of nitrogens with one attached hydrogen (secondary N) is 1. The Morgan fingerprint density at radius 2 is 2.04 bits per heavy atom. The molecule has 1 fully saturated rings. The topological polar surface area (TPSA) is 90.1 Å². The number of carbonyl (C=O) groups is 1. The summed E-state index contributed by atoms with van der Waals surface area (Å²) in [4.78, 5) is 12.6. The number of carbonyl (C=O) groups excluding carboxylic acids is 1. The van der Waals surface area contributed by atoms with Crippen molar-refractivity contribution in [3.05, 3.63) is 30.3 Å². The molecule has 23 heavy (non-hydrogen) atoms. The fraction of sp³-hybridized carbons (Fsp3) is 0.438. The molecule has 1 saturated heterocycles. The number of nitrogens with zero attached hydrogens (tertiary/aromatic N) is 2. The Hall–Kier alpha value is -1.83. The Morgan fingerprint density at radius 3 is 2.74 bits per heavy atom. The number of anilines is 1. The van der Waals surface area contributed by atoms with Crippen LogP contribution in [0.4, 0.5) is 5.00 Å². The zero-order valence-corrected chi connectivity index (χ0v) is 13.8. The molecule has 7 heteroatoms. The summed E-state index contributed by atoms with van der Waals surface area (Å²) in [5, 5.41) is 7.65. The van der Waals surface area contributed by atoms with Gasteiger partial charge < -0.3 is 15.8 Å². The zero-order chi connectivity index (χ0) is 16.3. The molecule has 1 amide bonds. The second kappa shape index (κ2) is 6.74. The molecule has 1 unspecified atom stereocenters. The number of rotatable bonds is 4. The minimum atomic E-state index is -0.586. The van der Waals surface area contributed by atoms with Gasteiger partial charge in [0.05, 0.1) is 6.04 Å². The highest BCUT2D eigenvalue weighted by Gasteiger charge is 2.38. The molecule has 3 N–H and O–H groups in total. The molecule has 1 aliphatic rings. The number of ether oxygens (including phenoxy) is 1. The van der Waals surface area contributed by atoms with E-state index >= 15 is 0 Å². The first kappa shape index (κ1) is 16.0. The van der Waals surface area contributed by atoms with Crippen LogP contribution in [0.25, 0.3) is 11.3 Å². The van der Waals surface area contributed by atoms with Crippen molar-refractivity contribution in [3.8, 4) is 11.3 Å². The van der Waals surface area contributed by atoms with E-state index in [4.69, 9.17) is 10.5 Å². The van der Waals surface area contributed by atoms with E-state index in [1.165, 1.54) is 0 Å². The van der Waals surface area contributed by atoms with Crippen molar-refractivity contribution < 1.29 is 9.53 Å². The first-order valence-electron chi connectivity index (χ1n) is 7.62. The standard InChI is InChI=1S/C16H20N4O2S/c1-16(7-9-22-10-8-16)13(17)14(21)18-15-12(19-20-23-15)11-5-3-2-4-6-11/h2-6,13H,7-10,17H2,1H3,(H,18,21). The average molecular weight is 332 g/mol. The molecule has 2 aromatic rings. The predicted molar refractivity (Wildman–Crippen MR) is 90.1 cm³/mol. The lowest BCUT2D eigenvalue weighted by molar-refractivity contribution is -0.121. The zero-order valence-electron chi connectivity index (χ0n) is 13.0. The van der Waals surface area contributed by atoms with E-state index in [-0.39, 0.29) is 11.3 Å². The number of nitrogens with two attached hydrogens (primary N) is 1. The lowest BCUT2D eigenvalue weighted by atomic mass is 9.75. The maximum Gasteiger partial charge on any atom is 0.242 e. The van der Waals surface area contributed by atoms with Crippen LogP contribution in [0.2, 0.25) is 0 Å². The van der Waals surface area contributed by atoms with Gasteiger partial charge in [-0.3, -0.25) is 4.79 Å². The Balaban J connectivity index is 1.75. The van der Waals surface area contributed by atoms with Crippen molar-refractivity contribution in [2.24, 2.45) is 11.1 Å². The Morgan fingerprint density at radius 1 is 1.35 bits per heavy atom. The molecule has 1 aromatic heterocycles. The highest BCUT2D eigenvalue weighted by atomic mass is 32.1. The molecule has 2 heterocycles. The van der Waals surface area contributed by atoms with Crippen LogP contribution in [0.5, 0.6) is 0 Å². The third-order valence-electron chi connectivity index (χ3n) is 4.44. The molecule has 122 valence electrons. The van der Waals surface area contributed by atoms with Gasteiger partial charge >= 0.3 is 0 Å². The van der Waals surface area contributed by atoms with Gasteiger partial charge in [-0.05, 0) is 18.3 Å². The molecular weight excluding hydrogens is 312 g/mol. The Kier molecular flexibility index (Phi) is 4.70. The van der Waals surface area contributed by atoms with Crippen LogP contribution in [0.3, 0.4) is 0 Å². The van der Waals surface area contributed by atoms with Gasteiger partial charge in [-0.2, -0.15) is 0 Å². The number of hydrogen-bond acceptors (Lipinski definition) is 6. The molecule has 1 aliphatic heterocycles. The fourth-order valence-electron chi connectivity index (χ4n) is 2.71. The smallest absolute Gasteiger partial charge is 0.242 e. The fourth-order valence-corrected chi connectivity index (χ4v) is 3.31. The van der Waals surface area contributed by atoms with Crippen LogP contribution < -0.4 is 11.1 Å². The minimum absolute atomic E-state index is 0.197. The highest BCUT2D eigenvalue weighted by molar-refractivity contribution is 7.10. The second-order valence-electron chi connectivity index (χ2n) is 6.05. The third kappa shape index (κ3) is 3.41. The molecule has 0 aliphatic carbocycles. The van der Waals surface area contributed by atoms with Crippen LogP contribution in [-0.4, -0.2) is 34.7 Å². The third-order valence-corrected chi connectivity index (χ3v) is 5.08. The minimum Gasteiger partial charge on any atom is -0.381 e. The van der Waals surface area contributed by atoms with Crippen molar-refractivity contribution >= 4 is 22.4 Å². The van der Waals surface area contributed by atoms with Crippen molar-refractivity contribution in [1.82, 2.24) is 9.59 Å². The molecule has 1 aromatic carbocycles. The van der Waals surface area contributed by atoms with Gasteiger partial charge in [-0.25, -0.2) is 0 Å². The van der Waals surface area contributed by atoms with Gasteiger partial charge in [0.25, 0.3) is 0 Å². The van der Waals surface area contributed by atoms with Crippen molar-refractivity contribution in [2.75, 3.05) is 18.5 Å². The first-order chi connectivity index (χ1) is 11.1. The maximum absolute atomic E-state index is 12.6. The van der Waals surface area contributed by atoms with Crippen molar-refractivity contribution in [1.29, 1.82) is 0 Å². The normalized spacial score (nSPS) is 18.3. The van der Waals surface area contributed by atoms with E-state index in [9.17, 15) is 4.79 Å². The first-order valence-corrected chi connectivity index (χ1v) is 8.39. The van der Waals surface area contributed by atoms with Crippen molar-refractivity contribution in [2.45, 2.75) is 25.8 Å². The SMILES string of the molecule is CC1(C(N)C(=O)Nc2snnc2-c2ccccc2)CCOCC1. The molecule has 0 radical (unpaired) electrons. The van der Waals surface area contributed by atoms with Gasteiger partial charge in [-0.15, -0.1) is 5.10 Å². The number of benzene rings is 1. The maximum atomic E-state index is 12.6. The van der Waals surface area contributed by atoms with E-state index in [1.54, 1.807) is 0 Å². The van der Waals surface area contributed by atoms with Gasteiger partial charge in [0.15, 0.2) is 0 Å². The summed E-state index contributed by atoms with van der Waals surface area (Å²) in [6.07, 6.45) is 1.57. The summed E-state index contributed by atoms with van der Waals surface area (Å²) in [5.74, 6) is -0.197. The second-order valence-corrected chi connectivity index (χ2v) is 6.80. The summed E-state index contributed by atoms with van der Waals surface area (Å²) in [6.45, 7) is 3.34. The van der Waals surface area contributed by atoms with Crippen LogP contribution in [0.1, 0.15) is 19.8 Å². The number of hydrogen-bond donors (Lipinski definition) is 2. The van der Waals surface area contributed by atoms with E-state index in [1.807, 2.05) is 37.3 Å². The van der Waals surface area contributed by atoms with Crippen LogP contribution in [-0.2, 0) is 9.53 Å². The highest BCUT2D eigenvalue weighted by Crippen LogP contribution is 2.34. The summed E-state index contributed by atoms with van der Waals surface area (Å²) >= 11 is 1.16. The summed E-state index contributed by atoms with van der Waals surface area (Å²) < 4.78 is 9.33. The summed E-state index contributed by atoms with van der Waals surface area (Å²) in [7, 11) is 0. The van der Waals surface area contributed by atoms with E-state index in [0.717, 1.165) is 29.9 Å². The monoisotopic (exact) mass is 332 g/mol. The molecule has 0 spiro atoms. The quantitative estimate of drug-likeness (QED) is 0.896. The van der Waals surface area contributed by atoms with Crippen LogP contribution in [0.15, 0.2) is 30.3 Å². The largest absolute Gasteiger partial charge is 0.381 e. The number of aromatic nitrogens is 2. The molecule has 1 atom stereocenters. The number of amides is 1. The molecule has 0 saturated carbocycles. The summed E-state index contributed by atoms with van der Waals surface area (Å²) in [5.41, 5.74) is 7.58. The summed E-state index contributed by atoms with van der Waals surface area (Å²) in [6, 6.07) is 9.07. The Labute approximate surface area is 139 Å². The van der Waals surface area contributed by atoms with Gasteiger partial charge in [0.1, 0.15) is 10.7 Å². The van der Waals surface area contributed by atoms with Gasteiger partial charge in [0, 0.05) is 30.3 Å². The Bertz CT molecular complexity index is 668.